The highest BCUT2D eigenvalue weighted by Gasteiger charge is 2.48. The van der Waals surface area contributed by atoms with Crippen LogP contribution in [0.4, 0.5) is 0 Å². The number of nitrogens with one attached hydrogen (secondary N) is 3. The molecule has 15 heteroatoms. The third-order valence-electron chi connectivity index (χ3n) is 6.49. The fourth-order valence-electron chi connectivity index (χ4n) is 4.15. The summed E-state index contributed by atoms with van der Waals surface area (Å²) in [5.74, 6) is -3.46. The molecule has 1 saturated heterocycles. The highest BCUT2D eigenvalue weighted by atomic mass is 16.7. The predicted molar refractivity (Wildman–Crippen MR) is 145 cm³/mol. The molecule has 0 radical (unpaired) electrons. The van der Waals surface area contributed by atoms with E-state index in [0.717, 1.165) is 5.56 Å². The van der Waals surface area contributed by atoms with Crippen molar-refractivity contribution in [2.75, 3.05) is 13.7 Å². The Morgan fingerprint density at radius 3 is 2.31 bits per heavy atom. The summed E-state index contributed by atoms with van der Waals surface area (Å²) in [6.45, 7) is 3.45. The van der Waals surface area contributed by atoms with Gasteiger partial charge in [-0.2, -0.15) is 0 Å². The summed E-state index contributed by atoms with van der Waals surface area (Å²) in [6.07, 6.45) is -6.57. The van der Waals surface area contributed by atoms with Gasteiger partial charge in [0.05, 0.1) is 20.3 Å². The monoisotopic (exact) mass is 596 g/mol. The van der Waals surface area contributed by atoms with Gasteiger partial charge in [0.1, 0.15) is 42.5 Å². The summed E-state index contributed by atoms with van der Waals surface area (Å²) in [5.41, 5.74) is 6.11. The minimum absolute atomic E-state index is 0.0805. The molecule has 1 heterocycles. The molecule has 1 aromatic carbocycles. The molecule has 1 aliphatic heterocycles. The molecule has 234 valence electrons. The standard InChI is InChI=1S/C27H40N4O11/c1-14(25(37)31-18(24(28)36)10-11-20(34)39-4)29-26(38)15(2)41-23-21(30-16(3)33)27(42-19(12-32)22(23)35)40-13-17-8-6-5-7-9-17/h5-9,14-15,18-19,21-23,27,32,35H,10-13H2,1-4H3,(H2,28,36)(H,29,38)(H,30,33)(H,31,37)/t14-,15?,18+,19+,21+,22+,23+,27-/m0/s1. The van der Waals surface area contributed by atoms with E-state index < -0.39 is 85.0 Å². The van der Waals surface area contributed by atoms with Gasteiger partial charge in [0.2, 0.25) is 23.6 Å². The number of esters is 1. The van der Waals surface area contributed by atoms with Gasteiger partial charge in [0, 0.05) is 13.3 Å². The van der Waals surface area contributed by atoms with Crippen LogP contribution in [-0.2, 0) is 49.5 Å². The number of primary amides is 1. The third kappa shape index (κ3) is 10.3. The number of aliphatic hydroxyl groups excluding tert-OH is 2. The lowest BCUT2D eigenvalue weighted by atomic mass is 9.96. The molecule has 42 heavy (non-hydrogen) atoms. The fraction of sp³-hybridized carbons (Fsp3) is 0.593. The molecule has 15 nitrogen and oxygen atoms in total. The highest BCUT2D eigenvalue weighted by Crippen LogP contribution is 2.26. The van der Waals surface area contributed by atoms with Crippen LogP contribution in [0.25, 0.3) is 0 Å². The van der Waals surface area contributed by atoms with E-state index in [9.17, 15) is 34.2 Å². The first kappa shape index (κ1) is 34.6. The molecule has 1 fully saturated rings. The first-order chi connectivity index (χ1) is 19.9. The molecule has 4 amide bonds. The molecule has 1 unspecified atom stereocenters. The molecule has 1 aliphatic rings. The molecule has 0 bridgehead atoms. The molecule has 2 rings (SSSR count). The number of carbonyl (C=O) groups excluding carboxylic acids is 5. The number of hydrogen-bond acceptors (Lipinski definition) is 11. The van der Waals surface area contributed by atoms with Crippen molar-refractivity contribution < 1.29 is 53.1 Å². The van der Waals surface area contributed by atoms with Crippen LogP contribution >= 0.6 is 0 Å². The molecular formula is C27H40N4O11. The summed E-state index contributed by atoms with van der Waals surface area (Å²) >= 11 is 0. The van der Waals surface area contributed by atoms with Gasteiger partial charge < -0.3 is 50.8 Å². The molecule has 0 aliphatic carbocycles. The van der Waals surface area contributed by atoms with E-state index in [1.54, 1.807) is 0 Å². The minimum atomic E-state index is -1.47. The van der Waals surface area contributed by atoms with Crippen LogP contribution in [0.15, 0.2) is 30.3 Å². The average Bonchev–Trinajstić information content (AvgIpc) is 2.96. The second-order valence-corrected chi connectivity index (χ2v) is 9.79. The number of rotatable bonds is 15. The lowest BCUT2D eigenvalue weighted by Crippen LogP contribution is -2.66. The summed E-state index contributed by atoms with van der Waals surface area (Å²) < 4.78 is 22.0. The van der Waals surface area contributed by atoms with Gasteiger partial charge in [0.25, 0.3) is 0 Å². The zero-order chi connectivity index (χ0) is 31.4. The van der Waals surface area contributed by atoms with Gasteiger partial charge in [-0.05, 0) is 25.8 Å². The van der Waals surface area contributed by atoms with Crippen LogP contribution in [0.3, 0.4) is 0 Å². The van der Waals surface area contributed by atoms with E-state index in [2.05, 4.69) is 20.7 Å². The summed E-state index contributed by atoms with van der Waals surface area (Å²) in [5, 5.41) is 28.1. The maximum Gasteiger partial charge on any atom is 0.305 e. The van der Waals surface area contributed by atoms with Crippen molar-refractivity contribution in [3.63, 3.8) is 0 Å². The molecule has 0 saturated carbocycles. The summed E-state index contributed by atoms with van der Waals surface area (Å²) in [7, 11) is 1.18. The Kier molecular flexibility index (Phi) is 13.8. The summed E-state index contributed by atoms with van der Waals surface area (Å²) in [4.78, 5) is 60.7. The number of amides is 4. The zero-order valence-electron chi connectivity index (χ0n) is 24.0. The Balaban J connectivity index is 2.09. The van der Waals surface area contributed by atoms with E-state index in [0.29, 0.717) is 0 Å². The second kappa shape index (κ2) is 16.7. The van der Waals surface area contributed by atoms with Gasteiger partial charge in [-0.3, -0.25) is 24.0 Å². The SMILES string of the molecule is COC(=O)CC[C@@H](NC(=O)[C@H](C)NC(=O)C(C)O[C@H]1[C@H](O)[C@@H](CO)O[C@H](OCc2ccccc2)[C@@H]1NC(C)=O)C(N)=O. The highest BCUT2D eigenvalue weighted by molar-refractivity contribution is 5.92. The van der Waals surface area contributed by atoms with E-state index in [1.165, 1.54) is 27.9 Å². The van der Waals surface area contributed by atoms with Crippen LogP contribution in [0.2, 0.25) is 0 Å². The molecule has 0 spiro atoms. The Labute approximate surface area is 243 Å². The quantitative estimate of drug-likeness (QED) is 0.121. The Bertz CT molecular complexity index is 1070. The van der Waals surface area contributed by atoms with E-state index in [1.807, 2.05) is 30.3 Å². The maximum absolute atomic E-state index is 12.9. The van der Waals surface area contributed by atoms with Crippen LogP contribution in [0.5, 0.6) is 0 Å². The molecule has 8 atom stereocenters. The van der Waals surface area contributed by atoms with Gasteiger partial charge >= 0.3 is 5.97 Å². The first-order valence-corrected chi connectivity index (χ1v) is 13.4. The molecule has 1 aromatic rings. The van der Waals surface area contributed by atoms with Crippen LogP contribution < -0.4 is 21.7 Å². The van der Waals surface area contributed by atoms with Crippen molar-refractivity contribution in [2.24, 2.45) is 5.73 Å². The number of hydrogen-bond donors (Lipinski definition) is 6. The Morgan fingerprint density at radius 2 is 1.74 bits per heavy atom. The number of aliphatic hydroxyl groups is 2. The van der Waals surface area contributed by atoms with Crippen LogP contribution in [0.1, 0.15) is 39.2 Å². The number of nitrogens with two attached hydrogens (primary N) is 1. The van der Waals surface area contributed by atoms with Crippen molar-refractivity contribution in [2.45, 2.75) is 89.1 Å². The minimum Gasteiger partial charge on any atom is -0.469 e. The van der Waals surface area contributed by atoms with Crippen molar-refractivity contribution >= 4 is 29.6 Å². The Morgan fingerprint density at radius 1 is 1.07 bits per heavy atom. The smallest absolute Gasteiger partial charge is 0.305 e. The lowest BCUT2D eigenvalue weighted by molar-refractivity contribution is -0.283. The number of ether oxygens (including phenoxy) is 4. The zero-order valence-corrected chi connectivity index (χ0v) is 24.0. The summed E-state index contributed by atoms with van der Waals surface area (Å²) in [6, 6.07) is 5.69. The van der Waals surface area contributed by atoms with Crippen molar-refractivity contribution in [3.8, 4) is 0 Å². The normalized spacial score (nSPS) is 24.0. The van der Waals surface area contributed by atoms with Gasteiger partial charge in [-0.15, -0.1) is 0 Å². The average molecular weight is 597 g/mol. The maximum atomic E-state index is 12.9. The third-order valence-corrected chi connectivity index (χ3v) is 6.49. The van der Waals surface area contributed by atoms with Crippen LogP contribution in [0, 0.1) is 0 Å². The van der Waals surface area contributed by atoms with Gasteiger partial charge in [-0.1, -0.05) is 30.3 Å². The van der Waals surface area contributed by atoms with Gasteiger partial charge in [-0.25, -0.2) is 0 Å². The molecular weight excluding hydrogens is 556 g/mol. The van der Waals surface area contributed by atoms with Crippen molar-refractivity contribution in [1.82, 2.24) is 16.0 Å². The predicted octanol–water partition coefficient (Wildman–Crippen LogP) is -2.01. The first-order valence-electron chi connectivity index (χ1n) is 13.4. The second-order valence-electron chi connectivity index (χ2n) is 9.79. The van der Waals surface area contributed by atoms with E-state index >= 15 is 0 Å². The van der Waals surface area contributed by atoms with Gasteiger partial charge in [0.15, 0.2) is 6.29 Å². The number of methoxy groups -OCH3 is 1. The largest absolute Gasteiger partial charge is 0.469 e. The van der Waals surface area contributed by atoms with Crippen molar-refractivity contribution in [3.05, 3.63) is 35.9 Å². The topological polar surface area (TPSA) is 225 Å². The number of carbonyl (C=O) groups is 5. The lowest BCUT2D eigenvalue weighted by Gasteiger charge is -2.44. The Hall–Kier alpha value is -3.63. The van der Waals surface area contributed by atoms with E-state index in [-0.39, 0.29) is 19.4 Å². The molecule has 0 aromatic heterocycles. The fourth-order valence-corrected chi connectivity index (χ4v) is 4.15. The number of benzene rings is 1. The van der Waals surface area contributed by atoms with Crippen LogP contribution in [-0.4, -0.2) is 102 Å². The van der Waals surface area contributed by atoms with E-state index in [4.69, 9.17) is 19.9 Å². The molecule has 7 N–H and O–H groups in total. The van der Waals surface area contributed by atoms with Crippen molar-refractivity contribution in [1.29, 1.82) is 0 Å².